The van der Waals surface area contributed by atoms with E-state index in [0.717, 1.165) is 35.3 Å². The molecule has 0 unspecified atom stereocenters. The van der Waals surface area contributed by atoms with Crippen LogP contribution in [0.5, 0.6) is 0 Å². The number of carbonyl (C=O) groups excluding carboxylic acids is 2. The van der Waals surface area contributed by atoms with E-state index in [9.17, 15) is 9.59 Å². The van der Waals surface area contributed by atoms with E-state index in [1.165, 1.54) is 16.9 Å². The molecule has 124 valence electrons. The Balaban J connectivity index is 1.74. The molecule has 1 aliphatic heterocycles. The summed E-state index contributed by atoms with van der Waals surface area (Å²) >= 11 is 1.43. The molecule has 2 aliphatic rings. The van der Waals surface area contributed by atoms with E-state index in [0.29, 0.717) is 23.6 Å². The Bertz CT molecular complexity index is 822. The third-order valence-corrected chi connectivity index (χ3v) is 5.80. The molecule has 5 nitrogen and oxygen atoms in total. The van der Waals surface area contributed by atoms with Crippen molar-refractivity contribution in [3.63, 3.8) is 0 Å². The number of hydrogen-bond donors (Lipinski definition) is 2. The van der Waals surface area contributed by atoms with Crippen molar-refractivity contribution in [2.45, 2.75) is 31.8 Å². The minimum Gasteiger partial charge on any atom is -0.368 e. The molecule has 1 saturated heterocycles. The van der Waals surface area contributed by atoms with E-state index in [1.807, 2.05) is 12.1 Å². The van der Waals surface area contributed by atoms with Crippen LogP contribution in [-0.4, -0.2) is 24.5 Å². The number of benzene rings is 1. The lowest BCUT2D eigenvalue weighted by Crippen LogP contribution is -2.27. The Kier molecular flexibility index (Phi) is 3.86. The van der Waals surface area contributed by atoms with Gasteiger partial charge >= 0.3 is 0 Å². The minimum atomic E-state index is -0.491. The number of amides is 2. The SMILES string of the molecule is NC(=O)c1c(NC(=O)[C@H]2CCCO2)sc2c1CCc1ccccc1-2. The first kappa shape index (κ1) is 15.4. The molecule has 1 aromatic heterocycles. The van der Waals surface area contributed by atoms with Crippen molar-refractivity contribution in [1.82, 2.24) is 0 Å². The molecule has 2 amide bonds. The van der Waals surface area contributed by atoms with Crippen LogP contribution >= 0.6 is 11.3 Å². The highest BCUT2D eigenvalue weighted by Gasteiger charge is 2.30. The lowest BCUT2D eigenvalue weighted by atomic mass is 9.89. The van der Waals surface area contributed by atoms with Crippen LogP contribution in [0.2, 0.25) is 0 Å². The number of primary amides is 1. The maximum atomic E-state index is 12.4. The van der Waals surface area contributed by atoms with E-state index in [1.54, 1.807) is 0 Å². The van der Waals surface area contributed by atoms with Crippen molar-refractivity contribution < 1.29 is 14.3 Å². The van der Waals surface area contributed by atoms with Gasteiger partial charge in [0.15, 0.2) is 0 Å². The van der Waals surface area contributed by atoms with Gasteiger partial charge in [0.05, 0.1) is 5.56 Å². The van der Waals surface area contributed by atoms with Gasteiger partial charge in [0.1, 0.15) is 11.1 Å². The number of carbonyl (C=O) groups is 2. The zero-order chi connectivity index (χ0) is 16.7. The molecule has 0 bridgehead atoms. The highest BCUT2D eigenvalue weighted by Crippen LogP contribution is 2.45. The van der Waals surface area contributed by atoms with E-state index < -0.39 is 12.0 Å². The molecule has 2 heterocycles. The standard InChI is InChI=1S/C18H18N2O3S/c19-16(21)14-12-8-7-10-4-1-2-5-11(10)15(12)24-18(14)20-17(22)13-6-3-9-23-13/h1-2,4-5,13H,3,6-9H2,(H2,19,21)(H,20,22)/t13-/m1/s1. The zero-order valence-corrected chi connectivity index (χ0v) is 13.9. The largest absolute Gasteiger partial charge is 0.368 e. The number of aryl methyl sites for hydroxylation is 1. The normalized spacial score (nSPS) is 18.8. The summed E-state index contributed by atoms with van der Waals surface area (Å²) in [4.78, 5) is 25.4. The van der Waals surface area contributed by atoms with Crippen LogP contribution in [0.25, 0.3) is 10.4 Å². The minimum absolute atomic E-state index is 0.193. The summed E-state index contributed by atoms with van der Waals surface area (Å²) in [5, 5.41) is 3.42. The number of anilines is 1. The van der Waals surface area contributed by atoms with Crippen molar-refractivity contribution in [3.8, 4) is 10.4 Å². The molecule has 1 fully saturated rings. The summed E-state index contributed by atoms with van der Waals surface area (Å²) in [6, 6.07) is 8.17. The third-order valence-electron chi connectivity index (χ3n) is 4.62. The molecule has 0 saturated carbocycles. The molecule has 0 spiro atoms. The number of nitrogens with two attached hydrogens (primary N) is 1. The molecule has 1 aliphatic carbocycles. The van der Waals surface area contributed by atoms with Gasteiger partial charge in [0.25, 0.3) is 11.8 Å². The first-order valence-corrected chi connectivity index (χ1v) is 8.93. The fourth-order valence-electron chi connectivity index (χ4n) is 3.47. The van der Waals surface area contributed by atoms with Crippen LogP contribution in [0.3, 0.4) is 0 Å². The Morgan fingerprint density at radius 1 is 1.25 bits per heavy atom. The number of nitrogens with one attached hydrogen (secondary N) is 1. The maximum Gasteiger partial charge on any atom is 0.254 e. The Hall–Kier alpha value is -2.18. The van der Waals surface area contributed by atoms with Crippen molar-refractivity contribution >= 4 is 28.2 Å². The molecular formula is C18H18N2O3S. The smallest absolute Gasteiger partial charge is 0.254 e. The summed E-state index contributed by atoms with van der Waals surface area (Å²) in [6.07, 6.45) is 2.80. The number of hydrogen-bond acceptors (Lipinski definition) is 4. The quantitative estimate of drug-likeness (QED) is 0.900. The zero-order valence-electron chi connectivity index (χ0n) is 13.1. The molecule has 3 N–H and O–H groups in total. The second-order valence-corrected chi connectivity index (χ2v) is 7.15. The second kappa shape index (κ2) is 6.03. The highest BCUT2D eigenvalue weighted by atomic mass is 32.1. The van der Waals surface area contributed by atoms with Crippen LogP contribution in [0.4, 0.5) is 5.00 Å². The predicted octanol–water partition coefficient (Wildman–Crippen LogP) is 2.73. The van der Waals surface area contributed by atoms with Gasteiger partial charge in [-0.3, -0.25) is 9.59 Å². The topological polar surface area (TPSA) is 81.4 Å². The third kappa shape index (κ3) is 2.52. The molecule has 0 radical (unpaired) electrons. The molecule has 2 aromatic rings. The van der Waals surface area contributed by atoms with Crippen molar-refractivity contribution in [2.24, 2.45) is 5.73 Å². The first-order chi connectivity index (χ1) is 11.6. The molecular weight excluding hydrogens is 324 g/mol. The number of fused-ring (bicyclic) bond motifs is 3. The van der Waals surface area contributed by atoms with Gasteiger partial charge in [-0.05, 0) is 42.4 Å². The Morgan fingerprint density at radius 3 is 2.83 bits per heavy atom. The molecule has 1 aromatic carbocycles. The molecule has 24 heavy (non-hydrogen) atoms. The predicted molar refractivity (Wildman–Crippen MR) is 93.3 cm³/mol. The average molecular weight is 342 g/mol. The van der Waals surface area contributed by atoms with Crippen molar-refractivity contribution in [2.75, 3.05) is 11.9 Å². The van der Waals surface area contributed by atoms with Crippen LogP contribution in [0.15, 0.2) is 24.3 Å². The van der Waals surface area contributed by atoms with E-state index >= 15 is 0 Å². The number of rotatable bonds is 3. The monoisotopic (exact) mass is 342 g/mol. The van der Waals surface area contributed by atoms with Gasteiger partial charge in [-0.1, -0.05) is 24.3 Å². The fraction of sp³-hybridized carbons (Fsp3) is 0.333. The van der Waals surface area contributed by atoms with E-state index in [2.05, 4.69) is 17.4 Å². The molecule has 1 atom stereocenters. The number of thiophene rings is 1. The molecule has 4 rings (SSSR count). The maximum absolute atomic E-state index is 12.4. The van der Waals surface area contributed by atoms with E-state index in [-0.39, 0.29) is 5.91 Å². The number of ether oxygens (including phenoxy) is 1. The van der Waals surface area contributed by atoms with Gasteiger partial charge in [0.2, 0.25) is 0 Å². The van der Waals surface area contributed by atoms with Crippen LogP contribution in [-0.2, 0) is 22.4 Å². The Labute approximate surface area is 143 Å². The van der Waals surface area contributed by atoms with Gasteiger partial charge in [-0.25, -0.2) is 0 Å². The summed E-state index contributed by atoms with van der Waals surface area (Å²) in [5.41, 5.74) is 9.42. The lowest BCUT2D eigenvalue weighted by Gasteiger charge is -2.16. The fourth-order valence-corrected chi connectivity index (χ4v) is 4.78. The summed E-state index contributed by atoms with van der Waals surface area (Å²) in [6.45, 7) is 0.606. The van der Waals surface area contributed by atoms with Crippen molar-refractivity contribution in [1.29, 1.82) is 0 Å². The van der Waals surface area contributed by atoms with Crippen LogP contribution < -0.4 is 11.1 Å². The molecule has 6 heteroatoms. The Morgan fingerprint density at radius 2 is 2.08 bits per heavy atom. The summed E-state index contributed by atoms with van der Waals surface area (Å²) in [7, 11) is 0. The van der Waals surface area contributed by atoms with Gasteiger partial charge < -0.3 is 15.8 Å². The highest BCUT2D eigenvalue weighted by molar-refractivity contribution is 7.20. The van der Waals surface area contributed by atoms with Gasteiger partial charge in [-0.2, -0.15) is 0 Å². The summed E-state index contributed by atoms with van der Waals surface area (Å²) in [5.74, 6) is -0.684. The lowest BCUT2D eigenvalue weighted by molar-refractivity contribution is -0.124. The summed E-state index contributed by atoms with van der Waals surface area (Å²) < 4.78 is 5.42. The van der Waals surface area contributed by atoms with Crippen LogP contribution in [0.1, 0.15) is 34.3 Å². The average Bonchev–Trinajstić information content (AvgIpc) is 3.22. The van der Waals surface area contributed by atoms with Gasteiger partial charge in [0, 0.05) is 11.5 Å². The van der Waals surface area contributed by atoms with Gasteiger partial charge in [-0.15, -0.1) is 11.3 Å². The second-order valence-electron chi connectivity index (χ2n) is 6.13. The first-order valence-electron chi connectivity index (χ1n) is 8.11. The van der Waals surface area contributed by atoms with E-state index in [4.69, 9.17) is 10.5 Å². The van der Waals surface area contributed by atoms with Crippen molar-refractivity contribution in [3.05, 3.63) is 41.0 Å². The van der Waals surface area contributed by atoms with Crippen LogP contribution in [0, 0.1) is 0 Å².